The second kappa shape index (κ2) is 10.5. The van der Waals surface area contributed by atoms with Crippen molar-refractivity contribution in [3.05, 3.63) is 49.1 Å². The summed E-state index contributed by atoms with van der Waals surface area (Å²) in [5, 5.41) is 6.89. The average molecular weight is 411 g/mol. The predicted molar refractivity (Wildman–Crippen MR) is 111 cm³/mol. The Balaban J connectivity index is 0.000000806. The van der Waals surface area contributed by atoms with E-state index >= 15 is 0 Å². The lowest BCUT2D eigenvalue weighted by Gasteiger charge is -2.30. The maximum Gasteiger partial charge on any atom is 0.290 e. The van der Waals surface area contributed by atoms with E-state index in [1.807, 2.05) is 42.9 Å². The minimum Gasteiger partial charge on any atom is -0.496 e. The largest absolute Gasteiger partial charge is 0.496 e. The number of para-hydroxylation sites is 1. The van der Waals surface area contributed by atoms with Crippen LogP contribution >= 0.6 is 0 Å². The zero-order chi connectivity index (χ0) is 21.3. The lowest BCUT2D eigenvalue weighted by molar-refractivity contribution is -0.122. The standard InChI is InChI=1S/C20H23N5O2.CH2O2/c1-24-9-10-27-16(13-24)14-25-8-7-21-20(25)15-11-22-19(23-12-15)17-5-3-4-6-18(17)26-2;2-1-3/h3-8,11-12,16H,9-10,13-14H2,1-2H3;1H,(H,2,3). The van der Waals surface area contributed by atoms with E-state index in [9.17, 15) is 0 Å². The number of methoxy groups -OCH3 is 1. The summed E-state index contributed by atoms with van der Waals surface area (Å²) in [4.78, 5) is 24.2. The topological polar surface area (TPSA) is 103 Å². The number of likely N-dealkylation sites (N-methyl/N-ethyl adjacent to an activating group) is 1. The van der Waals surface area contributed by atoms with Gasteiger partial charge in [0.1, 0.15) is 11.6 Å². The van der Waals surface area contributed by atoms with Gasteiger partial charge in [0.2, 0.25) is 0 Å². The molecule has 0 amide bonds. The molecule has 2 aromatic heterocycles. The van der Waals surface area contributed by atoms with E-state index in [4.69, 9.17) is 19.4 Å². The minimum atomic E-state index is -0.250. The molecule has 1 saturated heterocycles. The fourth-order valence-electron chi connectivity index (χ4n) is 3.33. The Kier molecular flexibility index (Phi) is 7.47. The van der Waals surface area contributed by atoms with Gasteiger partial charge in [-0.3, -0.25) is 4.79 Å². The van der Waals surface area contributed by atoms with Gasteiger partial charge >= 0.3 is 0 Å². The van der Waals surface area contributed by atoms with Crippen molar-refractivity contribution in [3.8, 4) is 28.5 Å². The molecule has 1 atom stereocenters. The smallest absolute Gasteiger partial charge is 0.290 e. The summed E-state index contributed by atoms with van der Waals surface area (Å²) in [7, 11) is 3.77. The summed E-state index contributed by atoms with van der Waals surface area (Å²) in [5.74, 6) is 2.23. The molecule has 1 N–H and O–H groups in total. The number of morpholine rings is 1. The third-order valence-corrected chi connectivity index (χ3v) is 4.72. The highest BCUT2D eigenvalue weighted by atomic mass is 16.5. The second-order valence-electron chi connectivity index (χ2n) is 6.76. The van der Waals surface area contributed by atoms with Crippen molar-refractivity contribution in [1.29, 1.82) is 0 Å². The predicted octanol–water partition coefficient (Wildman–Crippen LogP) is 2.05. The summed E-state index contributed by atoms with van der Waals surface area (Å²) in [5.41, 5.74) is 1.75. The molecule has 4 rings (SSSR count). The van der Waals surface area contributed by atoms with Gasteiger partial charge in [-0.1, -0.05) is 12.1 Å². The molecule has 1 aliphatic rings. The van der Waals surface area contributed by atoms with Crippen LogP contribution in [-0.4, -0.2) is 76.0 Å². The van der Waals surface area contributed by atoms with Crippen molar-refractivity contribution in [2.24, 2.45) is 0 Å². The number of benzene rings is 1. The summed E-state index contributed by atoms with van der Waals surface area (Å²) in [6.07, 6.45) is 7.55. The molecule has 1 aromatic carbocycles. The van der Waals surface area contributed by atoms with Crippen molar-refractivity contribution in [2.75, 3.05) is 33.9 Å². The molecule has 9 nitrogen and oxygen atoms in total. The van der Waals surface area contributed by atoms with Crippen LogP contribution in [0.1, 0.15) is 0 Å². The van der Waals surface area contributed by atoms with Gasteiger partial charge in [-0.25, -0.2) is 15.0 Å². The average Bonchev–Trinajstić information content (AvgIpc) is 3.22. The van der Waals surface area contributed by atoms with Crippen LogP contribution in [0.25, 0.3) is 22.8 Å². The Morgan fingerprint density at radius 1 is 1.27 bits per heavy atom. The van der Waals surface area contributed by atoms with Gasteiger partial charge < -0.3 is 24.0 Å². The molecular formula is C21H25N5O4. The molecule has 1 aliphatic heterocycles. The van der Waals surface area contributed by atoms with Gasteiger partial charge in [0.05, 0.1) is 37.5 Å². The van der Waals surface area contributed by atoms with Crippen LogP contribution in [0.5, 0.6) is 5.75 Å². The molecule has 9 heteroatoms. The molecule has 0 bridgehead atoms. The molecule has 3 aromatic rings. The molecule has 30 heavy (non-hydrogen) atoms. The Hall–Kier alpha value is -3.30. The Morgan fingerprint density at radius 2 is 2.00 bits per heavy atom. The summed E-state index contributed by atoms with van der Waals surface area (Å²) in [6.45, 7) is 3.17. The SMILES string of the molecule is COc1ccccc1-c1ncc(-c2nccn2CC2CN(C)CCO2)cn1.O=CO. The van der Waals surface area contributed by atoms with Crippen molar-refractivity contribution < 1.29 is 19.4 Å². The van der Waals surface area contributed by atoms with Crippen LogP contribution in [0, 0.1) is 0 Å². The number of carbonyl (C=O) groups is 1. The van der Waals surface area contributed by atoms with Gasteiger partial charge in [0.15, 0.2) is 5.82 Å². The first-order valence-corrected chi connectivity index (χ1v) is 9.51. The first-order valence-electron chi connectivity index (χ1n) is 9.51. The van der Waals surface area contributed by atoms with E-state index < -0.39 is 0 Å². The number of carboxylic acid groups (broad SMARTS) is 1. The van der Waals surface area contributed by atoms with Gasteiger partial charge in [-0.05, 0) is 19.2 Å². The molecule has 1 unspecified atom stereocenters. The number of nitrogens with zero attached hydrogens (tertiary/aromatic N) is 5. The lowest BCUT2D eigenvalue weighted by atomic mass is 10.2. The van der Waals surface area contributed by atoms with Crippen molar-refractivity contribution >= 4 is 6.47 Å². The molecule has 0 radical (unpaired) electrons. The van der Waals surface area contributed by atoms with Crippen LogP contribution in [0.2, 0.25) is 0 Å². The van der Waals surface area contributed by atoms with E-state index in [1.165, 1.54) is 0 Å². The number of rotatable bonds is 5. The highest BCUT2D eigenvalue weighted by molar-refractivity contribution is 5.65. The van der Waals surface area contributed by atoms with Gasteiger partial charge in [-0.2, -0.15) is 0 Å². The summed E-state index contributed by atoms with van der Waals surface area (Å²) < 4.78 is 13.4. The van der Waals surface area contributed by atoms with Crippen molar-refractivity contribution in [1.82, 2.24) is 24.4 Å². The van der Waals surface area contributed by atoms with E-state index in [0.29, 0.717) is 5.82 Å². The highest BCUT2D eigenvalue weighted by Crippen LogP contribution is 2.27. The first-order chi connectivity index (χ1) is 14.7. The van der Waals surface area contributed by atoms with E-state index in [-0.39, 0.29) is 12.6 Å². The molecule has 1 fully saturated rings. The molecule has 0 spiro atoms. The van der Waals surface area contributed by atoms with Crippen LogP contribution in [-0.2, 0) is 16.1 Å². The molecule has 0 saturated carbocycles. The minimum absolute atomic E-state index is 0.158. The first kappa shape index (κ1) is 21.4. The zero-order valence-electron chi connectivity index (χ0n) is 17.0. The number of aromatic nitrogens is 4. The number of imidazole rings is 1. The maximum atomic E-state index is 8.36. The van der Waals surface area contributed by atoms with Crippen LogP contribution < -0.4 is 4.74 Å². The van der Waals surface area contributed by atoms with Gasteiger partial charge in [-0.15, -0.1) is 0 Å². The molecule has 0 aliphatic carbocycles. The fourth-order valence-corrected chi connectivity index (χ4v) is 3.33. The zero-order valence-corrected chi connectivity index (χ0v) is 17.0. The van der Waals surface area contributed by atoms with E-state index in [0.717, 1.165) is 48.9 Å². The summed E-state index contributed by atoms with van der Waals surface area (Å²) in [6, 6.07) is 7.73. The van der Waals surface area contributed by atoms with Crippen LogP contribution in [0.4, 0.5) is 0 Å². The fraction of sp³-hybridized carbons (Fsp3) is 0.333. The van der Waals surface area contributed by atoms with E-state index in [1.54, 1.807) is 13.3 Å². The molecule has 158 valence electrons. The molecule has 3 heterocycles. The van der Waals surface area contributed by atoms with Crippen molar-refractivity contribution in [3.63, 3.8) is 0 Å². The maximum absolute atomic E-state index is 8.36. The number of hydrogen-bond acceptors (Lipinski definition) is 7. The Morgan fingerprint density at radius 3 is 2.70 bits per heavy atom. The Labute approximate surface area is 174 Å². The number of ether oxygens (including phenoxy) is 2. The van der Waals surface area contributed by atoms with Gasteiger partial charge in [0.25, 0.3) is 6.47 Å². The van der Waals surface area contributed by atoms with Crippen LogP contribution in [0.15, 0.2) is 49.1 Å². The highest BCUT2D eigenvalue weighted by Gasteiger charge is 2.20. The van der Waals surface area contributed by atoms with Crippen LogP contribution in [0.3, 0.4) is 0 Å². The Bertz CT molecular complexity index is 945. The molecular weight excluding hydrogens is 386 g/mol. The third kappa shape index (κ3) is 5.19. The second-order valence-corrected chi connectivity index (χ2v) is 6.76. The van der Waals surface area contributed by atoms with Crippen molar-refractivity contribution in [2.45, 2.75) is 12.6 Å². The monoisotopic (exact) mass is 411 g/mol. The lowest BCUT2D eigenvalue weighted by Crippen LogP contribution is -2.41. The quantitative estimate of drug-likeness (QED) is 0.637. The third-order valence-electron chi connectivity index (χ3n) is 4.72. The van der Waals surface area contributed by atoms with E-state index in [2.05, 4.69) is 31.5 Å². The number of hydrogen-bond donors (Lipinski definition) is 1. The summed E-state index contributed by atoms with van der Waals surface area (Å²) >= 11 is 0. The van der Waals surface area contributed by atoms with Gasteiger partial charge in [0, 0.05) is 37.9 Å². The normalized spacial score (nSPS) is 16.4.